The van der Waals surface area contributed by atoms with Gasteiger partial charge in [0.2, 0.25) is 0 Å². The minimum absolute atomic E-state index is 0.318. The molecule has 0 aromatic heterocycles. The summed E-state index contributed by atoms with van der Waals surface area (Å²) in [6.45, 7) is 4.42. The molecule has 0 fully saturated rings. The monoisotopic (exact) mass is 422 g/mol. The number of fused-ring (bicyclic) bond motifs is 3. The van der Waals surface area contributed by atoms with E-state index in [0.717, 1.165) is 28.8 Å². The lowest BCUT2D eigenvalue weighted by Gasteiger charge is -2.05. The van der Waals surface area contributed by atoms with Gasteiger partial charge in [-0.1, -0.05) is 123 Å². The van der Waals surface area contributed by atoms with Crippen molar-refractivity contribution < 1.29 is 0 Å². The maximum atomic E-state index is 12.4. The zero-order chi connectivity index (χ0) is 21.9. The number of hydrogen-bond acceptors (Lipinski definition) is 1. The highest BCUT2D eigenvalue weighted by molar-refractivity contribution is 5.52. The smallest absolute Gasteiger partial charge is 0.191 e. The fraction of sp³-hybridized carbons (Fsp3) is 0.733. The Bertz CT molecular complexity index is 981. The Morgan fingerprint density at radius 1 is 0.516 bits per heavy atom. The molecule has 3 aliphatic carbocycles. The molecule has 0 unspecified atom stereocenters. The molecule has 172 valence electrons. The Morgan fingerprint density at radius 2 is 0.935 bits per heavy atom. The van der Waals surface area contributed by atoms with Crippen molar-refractivity contribution in [1.29, 1.82) is 0 Å². The van der Waals surface area contributed by atoms with Crippen LogP contribution in [-0.2, 0) is 12.8 Å². The SMILES string of the molecule is CCCCCCCCCCCCCCCCCCCCc1c(CC)c(=O)c2c3c(c1=2)=C=3. The summed E-state index contributed by atoms with van der Waals surface area (Å²) >= 11 is 0. The molecule has 0 atom stereocenters. The van der Waals surface area contributed by atoms with Crippen LogP contribution in [0.15, 0.2) is 4.79 Å². The van der Waals surface area contributed by atoms with Gasteiger partial charge >= 0.3 is 0 Å². The van der Waals surface area contributed by atoms with E-state index in [4.69, 9.17) is 0 Å². The third-order valence-electron chi connectivity index (χ3n) is 7.49. The molecule has 0 spiro atoms. The molecule has 3 rings (SSSR count). The van der Waals surface area contributed by atoms with E-state index in [-0.39, 0.29) is 0 Å². The van der Waals surface area contributed by atoms with Crippen molar-refractivity contribution in [3.05, 3.63) is 42.2 Å². The van der Waals surface area contributed by atoms with Crippen molar-refractivity contribution in [3.63, 3.8) is 0 Å². The molecule has 0 radical (unpaired) electrons. The lowest BCUT2D eigenvalue weighted by Crippen LogP contribution is -2.23. The summed E-state index contributed by atoms with van der Waals surface area (Å²) < 4.78 is 0. The van der Waals surface area contributed by atoms with Crippen LogP contribution in [0, 0.1) is 10.4 Å². The Hall–Kier alpha value is -1.33. The fourth-order valence-corrected chi connectivity index (χ4v) is 5.48. The van der Waals surface area contributed by atoms with E-state index in [1.54, 1.807) is 0 Å². The number of hydrogen-bond donors (Lipinski definition) is 0. The molecule has 3 aliphatic rings. The number of rotatable bonds is 20. The molecule has 0 N–H and O–H groups in total. The van der Waals surface area contributed by atoms with Crippen LogP contribution in [0.1, 0.15) is 141 Å². The summed E-state index contributed by atoms with van der Waals surface area (Å²) in [5.41, 5.74) is 6.08. The lowest BCUT2D eigenvalue weighted by molar-refractivity contribution is 0.525. The van der Waals surface area contributed by atoms with Crippen LogP contribution in [0.2, 0.25) is 0 Å². The first kappa shape index (κ1) is 24.3. The summed E-state index contributed by atoms with van der Waals surface area (Å²) in [4.78, 5) is 12.4. The van der Waals surface area contributed by atoms with E-state index in [9.17, 15) is 4.79 Å². The highest BCUT2D eigenvalue weighted by Crippen LogP contribution is 2.17. The van der Waals surface area contributed by atoms with Crippen LogP contribution in [0.5, 0.6) is 0 Å². The second-order valence-electron chi connectivity index (χ2n) is 10.0. The maximum Gasteiger partial charge on any atom is 0.191 e. The van der Waals surface area contributed by atoms with Gasteiger partial charge in [0.1, 0.15) is 0 Å². The van der Waals surface area contributed by atoms with Crippen LogP contribution in [0.25, 0.3) is 5.73 Å². The van der Waals surface area contributed by atoms with Crippen LogP contribution in [0.4, 0.5) is 0 Å². The quantitative estimate of drug-likeness (QED) is 0.182. The normalized spacial score (nSPS) is 12.3. The van der Waals surface area contributed by atoms with Crippen molar-refractivity contribution in [1.82, 2.24) is 0 Å². The first-order valence-electron chi connectivity index (χ1n) is 13.8. The molecular weight excluding hydrogens is 376 g/mol. The Balaban J connectivity index is 1.10. The van der Waals surface area contributed by atoms with Gasteiger partial charge in [-0.15, -0.1) is 5.73 Å². The minimum Gasteiger partial charge on any atom is -0.289 e. The molecule has 0 aromatic rings. The van der Waals surface area contributed by atoms with Crippen molar-refractivity contribution >= 4 is 5.73 Å². The van der Waals surface area contributed by atoms with E-state index in [1.807, 2.05) is 0 Å². The van der Waals surface area contributed by atoms with Gasteiger partial charge in [-0.3, -0.25) is 4.79 Å². The van der Waals surface area contributed by atoms with Crippen molar-refractivity contribution in [2.45, 2.75) is 142 Å². The van der Waals surface area contributed by atoms with E-state index < -0.39 is 0 Å². The van der Waals surface area contributed by atoms with Gasteiger partial charge in [0, 0.05) is 26.4 Å². The number of unbranched alkanes of at least 4 members (excludes halogenated alkanes) is 17. The second kappa shape index (κ2) is 13.3. The third-order valence-corrected chi connectivity index (χ3v) is 7.49. The zero-order valence-corrected chi connectivity index (χ0v) is 20.6. The van der Waals surface area contributed by atoms with Gasteiger partial charge < -0.3 is 0 Å². The molecule has 0 aliphatic heterocycles. The molecule has 31 heavy (non-hydrogen) atoms. The predicted octanol–water partition coefficient (Wildman–Crippen LogP) is 6.86. The Morgan fingerprint density at radius 3 is 1.39 bits per heavy atom. The summed E-state index contributed by atoms with van der Waals surface area (Å²) in [5.74, 6) is 0. The maximum absolute atomic E-state index is 12.4. The second-order valence-corrected chi connectivity index (χ2v) is 10.0. The molecule has 1 nitrogen and oxygen atoms in total. The summed E-state index contributed by atoms with van der Waals surface area (Å²) in [7, 11) is 0. The van der Waals surface area contributed by atoms with Gasteiger partial charge in [-0.25, -0.2) is 0 Å². The first-order chi connectivity index (χ1) is 15.3. The standard InChI is InChI=1S/C30H46O/c1-3-5-6-7-8-9-10-11-12-13-14-15-16-17-18-19-20-21-22-25-24(4-2)30(31)29-27-23-26(27)28(25)29/h3-22H2,1-2H3. The minimum atomic E-state index is 0.318. The highest BCUT2D eigenvalue weighted by atomic mass is 16.1. The van der Waals surface area contributed by atoms with Gasteiger partial charge in [-0.05, 0) is 24.8 Å². The van der Waals surface area contributed by atoms with E-state index in [2.05, 4.69) is 19.6 Å². The molecule has 0 heterocycles. The third kappa shape index (κ3) is 6.82. The lowest BCUT2D eigenvalue weighted by atomic mass is 10.0. The van der Waals surface area contributed by atoms with E-state index in [0.29, 0.717) is 5.43 Å². The van der Waals surface area contributed by atoms with Crippen LogP contribution in [-0.4, -0.2) is 0 Å². The average molecular weight is 423 g/mol. The van der Waals surface area contributed by atoms with Gasteiger partial charge in [0.15, 0.2) is 5.43 Å². The molecule has 0 bridgehead atoms. The highest BCUT2D eigenvalue weighted by Gasteiger charge is 2.21. The predicted molar refractivity (Wildman–Crippen MR) is 134 cm³/mol. The molecule has 1 heteroatoms. The Labute approximate surface area is 190 Å². The molecule has 0 aromatic carbocycles. The van der Waals surface area contributed by atoms with Gasteiger partial charge in [0.05, 0.1) is 0 Å². The van der Waals surface area contributed by atoms with Gasteiger partial charge in [0.25, 0.3) is 0 Å². The van der Waals surface area contributed by atoms with Crippen LogP contribution < -0.4 is 15.9 Å². The average Bonchev–Trinajstić information content (AvgIpc) is 3.39. The molecule has 0 amide bonds. The van der Waals surface area contributed by atoms with Crippen LogP contribution in [0.3, 0.4) is 0 Å². The summed E-state index contributed by atoms with van der Waals surface area (Å²) in [6, 6.07) is 0. The van der Waals surface area contributed by atoms with Crippen molar-refractivity contribution in [2.75, 3.05) is 0 Å². The van der Waals surface area contributed by atoms with Crippen LogP contribution >= 0.6 is 0 Å². The van der Waals surface area contributed by atoms with Gasteiger partial charge in [-0.2, -0.15) is 0 Å². The van der Waals surface area contributed by atoms with E-state index >= 15 is 0 Å². The summed E-state index contributed by atoms with van der Waals surface area (Å²) in [5, 5.41) is 4.75. The fourth-order valence-electron chi connectivity index (χ4n) is 5.48. The molecular formula is C30H46O. The largest absolute Gasteiger partial charge is 0.289 e. The molecule has 0 saturated heterocycles. The Kier molecular flexibility index (Phi) is 10.4. The molecule has 0 saturated carbocycles. The van der Waals surface area contributed by atoms with E-state index in [1.165, 1.54) is 132 Å². The van der Waals surface area contributed by atoms with Crippen molar-refractivity contribution in [2.24, 2.45) is 0 Å². The van der Waals surface area contributed by atoms with Crippen molar-refractivity contribution in [3.8, 4) is 0 Å². The summed E-state index contributed by atoms with van der Waals surface area (Å²) in [6.07, 6.45) is 27.5. The topological polar surface area (TPSA) is 17.1 Å². The zero-order valence-electron chi connectivity index (χ0n) is 20.6. The first-order valence-corrected chi connectivity index (χ1v) is 13.8.